The largest absolute Gasteiger partial charge is 0.471 e. The van der Waals surface area contributed by atoms with E-state index >= 15 is 0 Å². The Labute approximate surface area is 395 Å². The van der Waals surface area contributed by atoms with E-state index in [4.69, 9.17) is 37.8 Å². The molecule has 0 aliphatic carbocycles. The van der Waals surface area contributed by atoms with Gasteiger partial charge in [-0.2, -0.15) is 36.3 Å². The van der Waals surface area contributed by atoms with E-state index in [2.05, 4.69) is 44.6 Å². The first-order chi connectivity index (χ1) is 31.3. The van der Waals surface area contributed by atoms with Crippen molar-refractivity contribution in [1.82, 2.24) is 35.6 Å². The van der Waals surface area contributed by atoms with E-state index in [-0.39, 0.29) is 29.5 Å². The number of alkyl halides is 6. The summed E-state index contributed by atoms with van der Waals surface area (Å²) in [5.41, 5.74) is 11.1. The molecule has 0 saturated heterocycles. The molecule has 0 aliphatic heterocycles. The van der Waals surface area contributed by atoms with E-state index in [1.165, 1.54) is 0 Å². The first-order valence-electron chi connectivity index (χ1n) is 20.1. The topological polar surface area (TPSA) is 168 Å². The third-order valence-corrected chi connectivity index (χ3v) is 11.0. The monoisotopic (exact) mass is 988 g/mol. The zero-order valence-corrected chi connectivity index (χ0v) is 38.1. The predicted octanol–water partition coefficient (Wildman–Crippen LogP) is 12.5. The number of benzene rings is 4. The molecule has 0 bridgehead atoms. The van der Waals surface area contributed by atoms with Crippen LogP contribution in [0.3, 0.4) is 0 Å². The zero-order valence-electron chi connectivity index (χ0n) is 35.8. The van der Waals surface area contributed by atoms with E-state index < -0.39 is 29.5 Å². The van der Waals surface area contributed by atoms with Crippen LogP contribution >= 0.6 is 35.6 Å². The lowest BCUT2D eigenvalue weighted by Gasteiger charge is -2.25. The number of halogens is 9. The number of oxazole rings is 2. The lowest BCUT2D eigenvalue weighted by Crippen LogP contribution is -2.33. The second kappa shape index (κ2) is 20.9. The molecule has 0 saturated carbocycles. The normalized spacial score (nSPS) is 12.8. The van der Waals surface area contributed by atoms with Gasteiger partial charge in [0, 0.05) is 62.8 Å². The quantitative estimate of drug-likeness (QED) is 0.0991. The molecule has 1 atom stereocenters. The summed E-state index contributed by atoms with van der Waals surface area (Å²) >= 11 is 11.9. The van der Waals surface area contributed by atoms with Crippen molar-refractivity contribution in [2.45, 2.75) is 63.3 Å². The molecule has 4 aromatic heterocycles. The second-order valence-corrected chi connectivity index (χ2v) is 17.0. The highest BCUT2D eigenvalue weighted by Crippen LogP contribution is 2.34. The highest BCUT2D eigenvalue weighted by atomic mass is 35.5. The van der Waals surface area contributed by atoms with Gasteiger partial charge in [-0.25, -0.2) is 9.97 Å². The van der Waals surface area contributed by atoms with Crippen molar-refractivity contribution in [2.75, 3.05) is 13.1 Å². The van der Waals surface area contributed by atoms with Crippen LogP contribution < -0.4 is 11.1 Å². The van der Waals surface area contributed by atoms with Gasteiger partial charge in [0.1, 0.15) is 12.5 Å². The van der Waals surface area contributed by atoms with Crippen molar-refractivity contribution in [3.05, 3.63) is 154 Å². The summed E-state index contributed by atoms with van der Waals surface area (Å²) in [6.07, 6.45) is -4.88. The maximum absolute atomic E-state index is 12.7. The third kappa shape index (κ3) is 12.7. The van der Waals surface area contributed by atoms with Crippen molar-refractivity contribution in [3.63, 3.8) is 0 Å². The first-order valence-corrected chi connectivity index (χ1v) is 20.9. The SMILES string of the molecule is CC(C)(CNCc1cccc(-c2noc(C(F)(F)F)n2)c1)c1coc(-c2ccc(Cl)cc2)n1.CC(CN)(CCc1cccc(-c2noc(C(F)(F)F)n2)c1)c1coc(-c2ccc(Cl)cc2)n1.Cl. The highest BCUT2D eigenvalue weighted by molar-refractivity contribution is 6.30. The van der Waals surface area contributed by atoms with Crippen LogP contribution in [0.5, 0.6) is 0 Å². The van der Waals surface area contributed by atoms with Crippen LogP contribution in [-0.2, 0) is 36.1 Å². The fourth-order valence-electron chi connectivity index (χ4n) is 6.55. The molecule has 352 valence electrons. The molecule has 4 aromatic carbocycles. The number of nitrogens with two attached hydrogens (primary N) is 1. The van der Waals surface area contributed by atoms with Crippen LogP contribution in [0.15, 0.2) is 127 Å². The van der Waals surface area contributed by atoms with Gasteiger partial charge in [0.05, 0.1) is 11.4 Å². The van der Waals surface area contributed by atoms with Gasteiger partial charge < -0.3 is 28.9 Å². The van der Waals surface area contributed by atoms with Crippen molar-refractivity contribution >= 4 is 35.6 Å². The summed E-state index contributed by atoms with van der Waals surface area (Å²) in [4.78, 5) is 16.1. The molecule has 4 heterocycles. The molecular weight excluding hydrogens is 949 g/mol. The fourth-order valence-corrected chi connectivity index (χ4v) is 6.80. The van der Waals surface area contributed by atoms with E-state index in [0.29, 0.717) is 65.4 Å². The molecule has 0 spiro atoms. The lowest BCUT2D eigenvalue weighted by atomic mass is 9.81. The maximum atomic E-state index is 12.7. The van der Waals surface area contributed by atoms with Crippen molar-refractivity contribution in [2.24, 2.45) is 5.73 Å². The standard InChI is InChI=1S/2C23H20ClF3N4O2.ClH/c1-22(2,18-12-32-20(29-18)15-6-8-17(24)9-7-15)13-28-11-14-4-3-5-16(10-14)19-30-21(33-31-19)23(25,26)27;1-22(13-28,18-12-32-20(29-18)15-5-7-17(24)8-6-15)10-9-14-3-2-4-16(11-14)19-30-21(33-31-19)23(25,26)27;/h3-10,12,28H,11,13H2,1-2H3;2-8,11-12H,9-10,13,28H2,1H3;1H. The Morgan fingerprint density at radius 1 is 0.597 bits per heavy atom. The van der Waals surface area contributed by atoms with Crippen LogP contribution in [0.2, 0.25) is 10.0 Å². The average Bonchev–Trinajstić information content (AvgIpc) is 4.14. The van der Waals surface area contributed by atoms with Crippen LogP contribution in [-0.4, -0.2) is 43.3 Å². The maximum Gasteiger partial charge on any atom is 0.471 e. The molecule has 0 radical (unpaired) electrons. The molecule has 8 aromatic rings. The minimum atomic E-state index is -4.69. The highest BCUT2D eigenvalue weighted by Gasteiger charge is 2.39. The molecule has 8 rings (SSSR count). The Morgan fingerprint density at radius 2 is 1.06 bits per heavy atom. The van der Waals surface area contributed by atoms with Crippen molar-refractivity contribution < 1.29 is 44.2 Å². The molecule has 21 heteroatoms. The van der Waals surface area contributed by atoms with Gasteiger partial charge in [-0.1, -0.05) is 90.7 Å². The Kier molecular flexibility index (Phi) is 15.7. The Bertz CT molecular complexity index is 2860. The number of aromatic nitrogens is 6. The van der Waals surface area contributed by atoms with Gasteiger partial charge in [-0.3, -0.25) is 0 Å². The molecular formula is C46H41Cl3F6N8O4. The van der Waals surface area contributed by atoms with Crippen LogP contribution in [0.25, 0.3) is 45.7 Å². The van der Waals surface area contributed by atoms with Gasteiger partial charge in [0.15, 0.2) is 0 Å². The number of nitrogens with zero attached hydrogens (tertiary/aromatic N) is 6. The third-order valence-electron chi connectivity index (χ3n) is 10.5. The first kappa shape index (κ1) is 50.4. The number of aryl methyl sites for hydroxylation is 1. The van der Waals surface area contributed by atoms with E-state index in [1.54, 1.807) is 73.2 Å². The van der Waals surface area contributed by atoms with Crippen LogP contribution in [0.4, 0.5) is 26.3 Å². The molecule has 1 unspecified atom stereocenters. The minimum absolute atomic E-state index is 0. The smallest absolute Gasteiger partial charge is 0.444 e. The summed E-state index contributed by atoms with van der Waals surface area (Å²) in [6, 6.07) is 28.4. The summed E-state index contributed by atoms with van der Waals surface area (Å²) in [5.74, 6) is -1.98. The van der Waals surface area contributed by atoms with E-state index in [1.807, 2.05) is 57.2 Å². The zero-order chi connectivity index (χ0) is 47.3. The summed E-state index contributed by atoms with van der Waals surface area (Å²) < 4.78 is 96.3. The Balaban J connectivity index is 0.000000218. The fraction of sp³-hybridized carbons (Fsp3) is 0.261. The van der Waals surface area contributed by atoms with Gasteiger partial charge in [0.2, 0.25) is 23.4 Å². The molecule has 0 aliphatic rings. The number of rotatable bonds is 14. The Hall–Kier alpha value is -6.05. The summed E-state index contributed by atoms with van der Waals surface area (Å²) in [7, 11) is 0. The number of nitrogens with one attached hydrogen (secondary N) is 1. The minimum Gasteiger partial charge on any atom is -0.444 e. The Morgan fingerprint density at radius 3 is 1.54 bits per heavy atom. The molecule has 3 N–H and O–H groups in total. The molecule has 12 nitrogen and oxygen atoms in total. The van der Waals surface area contributed by atoms with Gasteiger partial charge in [0.25, 0.3) is 0 Å². The summed E-state index contributed by atoms with van der Waals surface area (Å²) in [5, 5.41) is 11.5. The van der Waals surface area contributed by atoms with Crippen molar-refractivity contribution in [3.8, 4) is 45.7 Å². The van der Waals surface area contributed by atoms with E-state index in [9.17, 15) is 26.3 Å². The lowest BCUT2D eigenvalue weighted by molar-refractivity contribution is -0.160. The number of hydrogen-bond donors (Lipinski definition) is 2. The van der Waals surface area contributed by atoms with Crippen LogP contribution in [0.1, 0.15) is 61.5 Å². The predicted molar refractivity (Wildman–Crippen MR) is 240 cm³/mol. The average molecular weight is 990 g/mol. The molecule has 67 heavy (non-hydrogen) atoms. The van der Waals surface area contributed by atoms with Gasteiger partial charge in [-0.05, 0) is 84.6 Å². The molecule has 0 amide bonds. The second-order valence-electron chi connectivity index (χ2n) is 16.1. The van der Waals surface area contributed by atoms with Crippen molar-refractivity contribution in [1.29, 1.82) is 0 Å². The van der Waals surface area contributed by atoms with E-state index in [0.717, 1.165) is 33.6 Å². The number of hydrogen-bond acceptors (Lipinski definition) is 12. The van der Waals surface area contributed by atoms with Crippen LogP contribution in [0, 0.1) is 0 Å². The summed E-state index contributed by atoms with van der Waals surface area (Å²) in [6.45, 7) is 7.48. The van der Waals surface area contributed by atoms with Gasteiger partial charge in [-0.15, -0.1) is 12.4 Å². The van der Waals surface area contributed by atoms with Gasteiger partial charge >= 0.3 is 24.1 Å². The molecule has 0 fully saturated rings.